The van der Waals surface area contributed by atoms with Gasteiger partial charge in [0, 0.05) is 45.4 Å². The molecule has 1 aromatic carbocycles. The summed E-state index contributed by atoms with van der Waals surface area (Å²) in [5.41, 5.74) is 0.701. The average molecular weight is 418 g/mol. The predicted octanol–water partition coefficient (Wildman–Crippen LogP) is 1.24. The van der Waals surface area contributed by atoms with E-state index in [-0.39, 0.29) is 16.5 Å². The number of hydrogen-bond donors (Lipinski definition) is 2. The Balaban J connectivity index is 1.44. The fourth-order valence-electron chi connectivity index (χ4n) is 3.36. The number of piperidine rings is 1. The summed E-state index contributed by atoms with van der Waals surface area (Å²) in [7, 11) is 0.155. The number of anilines is 2. The van der Waals surface area contributed by atoms with Crippen molar-refractivity contribution in [2.75, 3.05) is 37.4 Å². The summed E-state index contributed by atoms with van der Waals surface area (Å²) < 4.78 is 32.4. The number of nitrogens with one attached hydrogen (secondary N) is 2. The molecule has 29 heavy (non-hydrogen) atoms. The van der Waals surface area contributed by atoms with E-state index < -0.39 is 15.8 Å². The highest BCUT2D eigenvalue weighted by Crippen LogP contribution is 2.24. The van der Waals surface area contributed by atoms with Crippen molar-refractivity contribution in [2.45, 2.75) is 23.8 Å². The average Bonchev–Trinajstić information content (AvgIpc) is 3.08. The summed E-state index contributed by atoms with van der Waals surface area (Å²) in [5, 5.41) is 3.36. The number of aromatic amines is 1. The van der Waals surface area contributed by atoms with Crippen LogP contribution in [0, 0.1) is 0 Å². The molecule has 1 saturated heterocycles. The molecule has 0 bridgehead atoms. The van der Waals surface area contributed by atoms with Crippen LogP contribution < -0.4 is 16.0 Å². The molecule has 1 fully saturated rings. The Morgan fingerprint density at radius 1 is 1.21 bits per heavy atom. The Kier molecular flexibility index (Phi) is 5.01. The Morgan fingerprint density at radius 2 is 1.97 bits per heavy atom. The third-order valence-electron chi connectivity index (χ3n) is 4.95. The van der Waals surface area contributed by atoms with E-state index in [4.69, 9.17) is 4.42 Å². The number of hydrogen-bond acceptors (Lipinski definition) is 8. The van der Waals surface area contributed by atoms with Gasteiger partial charge in [0.15, 0.2) is 5.58 Å². The van der Waals surface area contributed by atoms with Gasteiger partial charge in [0.2, 0.25) is 10.0 Å². The van der Waals surface area contributed by atoms with Gasteiger partial charge in [-0.2, -0.15) is 4.31 Å². The summed E-state index contributed by atoms with van der Waals surface area (Å²) >= 11 is 0. The first kappa shape index (κ1) is 19.4. The summed E-state index contributed by atoms with van der Waals surface area (Å²) in [6.45, 7) is 0.779. The number of oxazole rings is 1. The molecule has 0 saturated carbocycles. The molecule has 2 N–H and O–H groups in total. The van der Waals surface area contributed by atoms with Crippen LogP contribution in [0.5, 0.6) is 0 Å². The van der Waals surface area contributed by atoms with E-state index in [1.165, 1.54) is 22.8 Å². The molecule has 3 heterocycles. The van der Waals surface area contributed by atoms with E-state index >= 15 is 0 Å². The lowest BCUT2D eigenvalue weighted by molar-refractivity contribution is 0.329. The van der Waals surface area contributed by atoms with Crippen LogP contribution in [0.4, 0.5) is 11.6 Å². The Labute approximate surface area is 167 Å². The van der Waals surface area contributed by atoms with Gasteiger partial charge < -0.3 is 14.6 Å². The standard InChI is InChI=1S/C18H22N6O4S/c1-23(2)17-10-16(19-11-20-17)21-12-5-7-24(8-6-12)29(26,27)13-3-4-14-15(9-13)28-18(25)22-14/h3-4,9-12H,5-8H2,1-2H3,(H,22,25)(H,19,20,21). The third kappa shape index (κ3) is 3.96. The van der Waals surface area contributed by atoms with Gasteiger partial charge in [-0.25, -0.2) is 23.2 Å². The fourth-order valence-corrected chi connectivity index (χ4v) is 4.84. The van der Waals surface area contributed by atoms with Gasteiger partial charge in [-0.1, -0.05) is 0 Å². The SMILES string of the molecule is CN(C)c1cc(NC2CCN(S(=O)(=O)c3ccc4[nH]c(=O)oc4c3)CC2)ncn1. The van der Waals surface area contributed by atoms with E-state index in [0.29, 0.717) is 31.4 Å². The zero-order valence-corrected chi connectivity index (χ0v) is 16.9. The highest BCUT2D eigenvalue weighted by atomic mass is 32.2. The second-order valence-electron chi connectivity index (χ2n) is 7.15. The van der Waals surface area contributed by atoms with Gasteiger partial charge in [0.25, 0.3) is 0 Å². The maximum Gasteiger partial charge on any atom is 0.417 e. The van der Waals surface area contributed by atoms with E-state index in [9.17, 15) is 13.2 Å². The third-order valence-corrected chi connectivity index (χ3v) is 6.84. The van der Waals surface area contributed by atoms with E-state index in [0.717, 1.165) is 11.6 Å². The van der Waals surface area contributed by atoms with Crippen molar-refractivity contribution >= 4 is 32.8 Å². The maximum absolute atomic E-state index is 13.0. The first-order valence-electron chi connectivity index (χ1n) is 9.22. The number of nitrogens with zero attached hydrogens (tertiary/aromatic N) is 4. The lowest BCUT2D eigenvalue weighted by Gasteiger charge is -2.32. The second-order valence-corrected chi connectivity index (χ2v) is 9.09. The van der Waals surface area contributed by atoms with Crippen LogP contribution in [0.25, 0.3) is 11.1 Å². The molecule has 0 radical (unpaired) electrons. The zero-order chi connectivity index (χ0) is 20.6. The number of benzene rings is 1. The lowest BCUT2D eigenvalue weighted by Crippen LogP contribution is -2.42. The van der Waals surface area contributed by atoms with Crippen LogP contribution in [-0.2, 0) is 10.0 Å². The van der Waals surface area contributed by atoms with Crippen LogP contribution in [0.15, 0.2) is 44.7 Å². The summed E-state index contributed by atoms with van der Waals surface area (Å²) in [6, 6.07) is 6.40. The molecule has 4 rings (SSSR count). The van der Waals surface area contributed by atoms with Crippen LogP contribution in [0.3, 0.4) is 0 Å². The number of aromatic nitrogens is 3. The summed E-state index contributed by atoms with van der Waals surface area (Å²) in [5.74, 6) is 0.913. The van der Waals surface area contributed by atoms with Crippen LogP contribution >= 0.6 is 0 Å². The van der Waals surface area contributed by atoms with E-state index in [1.807, 2.05) is 25.1 Å². The second kappa shape index (κ2) is 7.48. The Morgan fingerprint density at radius 3 is 2.69 bits per heavy atom. The molecule has 2 aromatic heterocycles. The minimum absolute atomic E-state index is 0.116. The zero-order valence-electron chi connectivity index (χ0n) is 16.1. The monoisotopic (exact) mass is 418 g/mol. The Bertz CT molecular complexity index is 1180. The van der Waals surface area contributed by atoms with Gasteiger partial charge >= 0.3 is 5.76 Å². The van der Waals surface area contributed by atoms with E-state index in [2.05, 4.69) is 20.3 Å². The largest absolute Gasteiger partial charge is 0.417 e. The van der Waals surface area contributed by atoms with Gasteiger partial charge in [0.05, 0.1) is 10.4 Å². The van der Waals surface area contributed by atoms with Crippen molar-refractivity contribution in [2.24, 2.45) is 0 Å². The smallest absolute Gasteiger partial charge is 0.408 e. The van der Waals surface area contributed by atoms with Crippen LogP contribution in [0.1, 0.15) is 12.8 Å². The van der Waals surface area contributed by atoms with Gasteiger partial charge in [-0.3, -0.25) is 4.98 Å². The van der Waals surface area contributed by atoms with Gasteiger partial charge in [0.1, 0.15) is 18.0 Å². The topological polar surface area (TPSA) is 124 Å². The molecule has 11 heteroatoms. The molecule has 10 nitrogen and oxygen atoms in total. The molecule has 1 aliphatic heterocycles. The van der Waals surface area contributed by atoms with Crippen LogP contribution in [-0.4, -0.2) is 60.9 Å². The molecule has 154 valence electrons. The van der Waals surface area contributed by atoms with Crippen molar-refractivity contribution in [3.05, 3.63) is 41.1 Å². The predicted molar refractivity (Wildman–Crippen MR) is 109 cm³/mol. The first-order chi connectivity index (χ1) is 13.8. The molecule has 0 spiro atoms. The molecule has 0 atom stereocenters. The van der Waals surface area contributed by atoms with Crippen molar-refractivity contribution < 1.29 is 12.8 Å². The molecule has 1 aliphatic rings. The quantitative estimate of drug-likeness (QED) is 0.634. The number of H-pyrrole nitrogens is 1. The number of fused-ring (bicyclic) bond motifs is 1. The maximum atomic E-state index is 13.0. The number of sulfonamides is 1. The highest BCUT2D eigenvalue weighted by Gasteiger charge is 2.30. The van der Waals surface area contributed by atoms with Crippen molar-refractivity contribution in [3.8, 4) is 0 Å². The molecular formula is C18H22N6O4S. The number of rotatable bonds is 5. The van der Waals surface area contributed by atoms with Crippen molar-refractivity contribution in [1.82, 2.24) is 19.3 Å². The molecule has 0 aliphatic carbocycles. The normalized spacial score (nSPS) is 16.2. The van der Waals surface area contributed by atoms with Gasteiger partial charge in [-0.15, -0.1) is 0 Å². The summed E-state index contributed by atoms with van der Waals surface area (Å²) in [4.78, 5) is 24.2. The lowest BCUT2D eigenvalue weighted by atomic mass is 10.1. The molecule has 0 unspecified atom stereocenters. The summed E-state index contributed by atoms with van der Waals surface area (Å²) in [6.07, 6.45) is 2.82. The van der Waals surface area contributed by atoms with Crippen molar-refractivity contribution in [3.63, 3.8) is 0 Å². The highest BCUT2D eigenvalue weighted by molar-refractivity contribution is 7.89. The van der Waals surface area contributed by atoms with Crippen LogP contribution in [0.2, 0.25) is 0 Å². The minimum Gasteiger partial charge on any atom is -0.408 e. The van der Waals surface area contributed by atoms with Gasteiger partial charge in [-0.05, 0) is 25.0 Å². The molecule has 0 amide bonds. The fraction of sp³-hybridized carbons (Fsp3) is 0.389. The first-order valence-corrected chi connectivity index (χ1v) is 10.7. The minimum atomic E-state index is -3.66. The Hall–Kier alpha value is -2.92. The molecule has 3 aromatic rings. The molecular weight excluding hydrogens is 396 g/mol. The van der Waals surface area contributed by atoms with Crippen molar-refractivity contribution in [1.29, 1.82) is 0 Å². The van der Waals surface area contributed by atoms with E-state index in [1.54, 1.807) is 6.07 Å².